The Hall–Kier alpha value is -2.08. The van der Waals surface area contributed by atoms with Crippen LogP contribution >= 0.6 is 0 Å². The lowest BCUT2D eigenvalue weighted by molar-refractivity contribution is -0.134. The van der Waals surface area contributed by atoms with Crippen molar-refractivity contribution in [2.75, 3.05) is 20.2 Å². The molecule has 6 heteroatoms. The van der Waals surface area contributed by atoms with Crippen molar-refractivity contribution in [1.82, 2.24) is 15.5 Å². The first-order chi connectivity index (χ1) is 12.5. The Morgan fingerprint density at radius 1 is 1.19 bits per heavy atom. The van der Waals surface area contributed by atoms with Crippen molar-refractivity contribution < 1.29 is 14.3 Å². The third-order valence-corrected chi connectivity index (χ3v) is 5.41. The van der Waals surface area contributed by atoms with Crippen LogP contribution in [0.15, 0.2) is 24.3 Å². The van der Waals surface area contributed by atoms with Gasteiger partial charge in [-0.05, 0) is 37.3 Å². The van der Waals surface area contributed by atoms with Gasteiger partial charge in [0.05, 0.1) is 12.7 Å². The summed E-state index contributed by atoms with van der Waals surface area (Å²) < 4.78 is 5.27. The SMILES string of the molecule is COc1ccccc1C(=O)NC(C(=O)N1CCC2CCC(C1)N2)C(C)C. The lowest BCUT2D eigenvalue weighted by atomic mass is 10.0. The van der Waals surface area contributed by atoms with Crippen LogP contribution in [0.5, 0.6) is 5.75 Å². The van der Waals surface area contributed by atoms with Crippen LogP contribution in [0.3, 0.4) is 0 Å². The van der Waals surface area contributed by atoms with Gasteiger partial charge < -0.3 is 20.3 Å². The molecule has 2 amide bonds. The summed E-state index contributed by atoms with van der Waals surface area (Å²) in [6.07, 6.45) is 3.30. The summed E-state index contributed by atoms with van der Waals surface area (Å²) in [6, 6.07) is 7.44. The van der Waals surface area contributed by atoms with Crippen molar-refractivity contribution in [3.8, 4) is 5.75 Å². The monoisotopic (exact) mass is 359 g/mol. The zero-order valence-corrected chi connectivity index (χ0v) is 15.8. The third kappa shape index (κ3) is 4.01. The van der Waals surface area contributed by atoms with Gasteiger partial charge in [-0.1, -0.05) is 26.0 Å². The molecule has 0 radical (unpaired) electrons. The summed E-state index contributed by atoms with van der Waals surface area (Å²) in [5.74, 6) is 0.257. The van der Waals surface area contributed by atoms with Gasteiger partial charge in [0.2, 0.25) is 5.91 Å². The van der Waals surface area contributed by atoms with Crippen LogP contribution in [0.25, 0.3) is 0 Å². The lowest BCUT2D eigenvalue weighted by Crippen LogP contribution is -2.53. The number of ether oxygens (including phenoxy) is 1. The van der Waals surface area contributed by atoms with Crippen LogP contribution in [0.4, 0.5) is 0 Å². The van der Waals surface area contributed by atoms with E-state index in [1.807, 2.05) is 24.8 Å². The van der Waals surface area contributed by atoms with E-state index < -0.39 is 6.04 Å². The standard InChI is InChI=1S/C20H29N3O3/c1-13(2)18(22-19(24)16-6-4-5-7-17(16)26-3)20(25)23-11-10-14-8-9-15(12-23)21-14/h4-7,13-15,18,21H,8-12H2,1-3H3,(H,22,24). The van der Waals surface area contributed by atoms with E-state index in [2.05, 4.69) is 10.6 Å². The molecule has 2 fully saturated rings. The predicted molar refractivity (Wildman–Crippen MR) is 100 cm³/mol. The van der Waals surface area contributed by atoms with Gasteiger partial charge in [-0.2, -0.15) is 0 Å². The maximum absolute atomic E-state index is 13.1. The summed E-state index contributed by atoms with van der Waals surface area (Å²) in [5.41, 5.74) is 0.449. The first-order valence-electron chi connectivity index (χ1n) is 9.48. The van der Waals surface area contributed by atoms with Crippen molar-refractivity contribution in [3.63, 3.8) is 0 Å². The van der Waals surface area contributed by atoms with E-state index in [-0.39, 0.29) is 17.7 Å². The van der Waals surface area contributed by atoms with Gasteiger partial charge in [0, 0.05) is 25.2 Å². The Labute approximate surface area is 155 Å². The number of nitrogens with zero attached hydrogens (tertiary/aromatic N) is 1. The molecule has 1 aromatic carbocycles. The minimum atomic E-state index is -0.538. The van der Waals surface area contributed by atoms with E-state index >= 15 is 0 Å². The van der Waals surface area contributed by atoms with E-state index in [0.717, 1.165) is 25.9 Å². The minimum absolute atomic E-state index is 0.00885. The molecule has 26 heavy (non-hydrogen) atoms. The number of hydrogen-bond acceptors (Lipinski definition) is 4. The number of amides is 2. The maximum Gasteiger partial charge on any atom is 0.255 e. The van der Waals surface area contributed by atoms with Crippen LogP contribution in [0.1, 0.15) is 43.5 Å². The van der Waals surface area contributed by atoms with Gasteiger partial charge in [0.15, 0.2) is 0 Å². The molecule has 3 rings (SSSR count). The summed E-state index contributed by atoms with van der Waals surface area (Å²) in [5, 5.41) is 6.53. The molecule has 1 aromatic rings. The second-order valence-corrected chi connectivity index (χ2v) is 7.61. The molecule has 0 aromatic heterocycles. The number of fused-ring (bicyclic) bond motifs is 2. The molecule has 2 N–H and O–H groups in total. The molecule has 0 saturated carbocycles. The molecule has 2 aliphatic heterocycles. The van der Waals surface area contributed by atoms with E-state index in [1.54, 1.807) is 18.2 Å². The zero-order chi connectivity index (χ0) is 18.7. The Balaban J connectivity index is 1.72. The van der Waals surface area contributed by atoms with Crippen LogP contribution in [0, 0.1) is 5.92 Å². The van der Waals surface area contributed by atoms with Crippen LogP contribution < -0.4 is 15.4 Å². The number of hydrogen-bond donors (Lipinski definition) is 2. The highest BCUT2D eigenvalue weighted by molar-refractivity contribution is 5.99. The second-order valence-electron chi connectivity index (χ2n) is 7.61. The van der Waals surface area contributed by atoms with Crippen LogP contribution in [-0.2, 0) is 4.79 Å². The van der Waals surface area contributed by atoms with Gasteiger partial charge >= 0.3 is 0 Å². The van der Waals surface area contributed by atoms with Gasteiger partial charge in [-0.3, -0.25) is 9.59 Å². The molecule has 6 nitrogen and oxygen atoms in total. The second kappa shape index (κ2) is 8.08. The Kier molecular flexibility index (Phi) is 5.81. The summed E-state index contributed by atoms with van der Waals surface area (Å²) in [4.78, 5) is 27.8. The van der Waals surface area contributed by atoms with Gasteiger partial charge in [-0.25, -0.2) is 0 Å². The lowest BCUT2D eigenvalue weighted by Gasteiger charge is -2.31. The Bertz CT molecular complexity index is 661. The average molecular weight is 359 g/mol. The van der Waals surface area contributed by atoms with Gasteiger partial charge in [0.1, 0.15) is 11.8 Å². The van der Waals surface area contributed by atoms with Crippen molar-refractivity contribution in [2.45, 2.75) is 51.2 Å². The zero-order valence-electron chi connectivity index (χ0n) is 15.8. The van der Waals surface area contributed by atoms with E-state index in [4.69, 9.17) is 4.74 Å². The summed E-state index contributed by atoms with van der Waals surface area (Å²) >= 11 is 0. The van der Waals surface area contributed by atoms with Crippen LogP contribution in [0.2, 0.25) is 0 Å². The quantitative estimate of drug-likeness (QED) is 0.841. The molecule has 3 unspecified atom stereocenters. The highest BCUT2D eigenvalue weighted by atomic mass is 16.5. The smallest absolute Gasteiger partial charge is 0.255 e. The molecule has 2 aliphatic rings. The number of likely N-dealkylation sites (tertiary alicyclic amines) is 1. The summed E-state index contributed by atoms with van der Waals surface area (Å²) in [6.45, 7) is 5.41. The first-order valence-corrected chi connectivity index (χ1v) is 9.48. The fraction of sp³-hybridized carbons (Fsp3) is 0.600. The molecule has 0 aliphatic carbocycles. The van der Waals surface area contributed by atoms with Crippen molar-refractivity contribution in [2.24, 2.45) is 5.92 Å². The molecule has 2 bridgehead atoms. The third-order valence-electron chi connectivity index (χ3n) is 5.41. The fourth-order valence-corrected chi connectivity index (χ4v) is 3.90. The van der Waals surface area contributed by atoms with Gasteiger partial charge in [-0.15, -0.1) is 0 Å². The Morgan fingerprint density at radius 3 is 2.65 bits per heavy atom. The normalized spacial score (nSPS) is 23.5. The fourth-order valence-electron chi connectivity index (χ4n) is 3.90. The number of benzene rings is 1. The van der Waals surface area contributed by atoms with E-state index in [1.165, 1.54) is 13.5 Å². The number of rotatable bonds is 5. The van der Waals surface area contributed by atoms with Crippen LogP contribution in [-0.4, -0.2) is 55.0 Å². The molecule has 3 atom stereocenters. The predicted octanol–water partition coefficient (Wildman–Crippen LogP) is 1.80. The van der Waals surface area contributed by atoms with Crippen molar-refractivity contribution >= 4 is 11.8 Å². The molecular weight excluding hydrogens is 330 g/mol. The number of carbonyl (C=O) groups excluding carboxylic acids is 2. The maximum atomic E-state index is 13.1. The number of methoxy groups -OCH3 is 1. The molecule has 0 spiro atoms. The van der Waals surface area contributed by atoms with Crippen molar-refractivity contribution in [3.05, 3.63) is 29.8 Å². The number of para-hydroxylation sites is 1. The number of carbonyl (C=O) groups is 2. The molecule has 142 valence electrons. The summed E-state index contributed by atoms with van der Waals surface area (Å²) in [7, 11) is 1.54. The first kappa shape index (κ1) is 18.7. The number of nitrogens with one attached hydrogen (secondary N) is 2. The molecular formula is C20H29N3O3. The largest absolute Gasteiger partial charge is 0.496 e. The average Bonchev–Trinajstić information content (AvgIpc) is 2.97. The molecule has 2 saturated heterocycles. The van der Waals surface area contributed by atoms with Gasteiger partial charge in [0.25, 0.3) is 5.91 Å². The topological polar surface area (TPSA) is 70.7 Å². The highest BCUT2D eigenvalue weighted by Gasteiger charge is 2.35. The highest BCUT2D eigenvalue weighted by Crippen LogP contribution is 2.22. The van der Waals surface area contributed by atoms with E-state index in [9.17, 15) is 9.59 Å². The van der Waals surface area contributed by atoms with E-state index in [0.29, 0.717) is 23.4 Å². The Morgan fingerprint density at radius 2 is 1.92 bits per heavy atom. The molecule has 2 heterocycles. The van der Waals surface area contributed by atoms with Crippen molar-refractivity contribution in [1.29, 1.82) is 0 Å². The minimum Gasteiger partial charge on any atom is -0.496 e.